The topological polar surface area (TPSA) is 24.5 Å². The molecule has 1 atom stereocenters. The summed E-state index contributed by atoms with van der Waals surface area (Å²) in [7, 11) is 0. The molecule has 0 aromatic carbocycles. The minimum absolute atomic E-state index is 0.653. The lowest BCUT2D eigenvalue weighted by molar-refractivity contribution is 0.105. The first-order chi connectivity index (χ1) is 8.72. The van der Waals surface area contributed by atoms with E-state index in [4.69, 9.17) is 4.74 Å². The summed E-state index contributed by atoms with van der Waals surface area (Å²) in [5.41, 5.74) is 0. The average molecular weight is 254 g/mol. The molecular weight excluding hydrogens is 224 g/mol. The van der Waals surface area contributed by atoms with Gasteiger partial charge in [-0.3, -0.25) is 4.90 Å². The predicted octanol–water partition coefficient (Wildman–Crippen LogP) is 2.29. The highest BCUT2D eigenvalue weighted by molar-refractivity contribution is 4.77. The van der Waals surface area contributed by atoms with Gasteiger partial charge >= 0.3 is 0 Å². The summed E-state index contributed by atoms with van der Waals surface area (Å²) < 4.78 is 5.60. The number of nitrogens with zero attached hydrogens (tertiary/aromatic N) is 1. The lowest BCUT2D eigenvalue weighted by Crippen LogP contribution is -2.39. The molecule has 0 saturated carbocycles. The van der Waals surface area contributed by atoms with E-state index in [9.17, 15) is 0 Å². The van der Waals surface area contributed by atoms with Crippen LogP contribution in [0.15, 0.2) is 12.7 Å². The highest BCUT2D eigenvalue weighted by Crippen LogP contribution is 2.09. The van der Waals surface area contributed by atoms with E-state index in [0.717, 1.165) is 38.6 Å². The normalized spacial score (nSPS) is 22.1. The summed E-state index contributed by atoms with van der Waals surface area (Å²) in [5, 5.41) is 3.66. The maximum Gasteiger partial charge on any atom is 0.0593 e. The van der Waals surface area contributed by atoms with Crippen LogP contribution in [0.3, 0.4) is 0 Å². The maximum atomic E-state index is 5.60. The zero-order valence-corrected chi connectivity index (χ0v) is 12.2. The molecule has 1 fully saturated rings. The van der Waals surface area contributed by atoms with E-state index in [1.807, 2.05) is 6.08 Å². The highest BCUT2D eigenvalue weighted by Gasteiger charge is 2.17. The van der Waals surface area contributed by atoms with E-state index in [1.165, 1.54) is 25.9 Å². The number of ether oxygens (including phenoxy) is 1. The van der Waals surface area contributed by atoms with Gasteiger partial charge in [-0.2, -0.15) is 0 Å². The van der Waals surface area contributed by atoms with Gasteiger partial charge in [-0.1, -0.05) is 19.9 Å². The van der Waals surface area contributed by atoms with Crippen LogP contribution in [0.2, 0.25) is 0 Å². The standard InChI is InChI=1S/C15H30N2O/c1-4-5-10-18-11-9-17-8-6-7-16-15(13-17)12-14(2)3/h4,14-16H,1,5-13H2,2-3H3. The molecule has 0 radical (unpaired) electrons. The summed E-state index contributed by atoms with van der Waals surface area (Å²) in [6.45, 7) is 14.6. The zero-order valence-electron chi connectivity index (χ0n) is 12.2. The van der Waals surface area contributed by atoms with Gasteiger partial charge in [-0.05, 0) is 38.3 Å². The van der Waals surface area contributed by atoms with Gasteiger partial charge in [0.25, 0.3) is 0 Å². The Labute approximate surface area is 113 Å². The van der Waals surface area contributed by atoms with Crippen LogP contribution in [0.25, 0.3) is 0 Å². The largest absolute Gasteiger partial charge is 0.380 e. The van der Waals surface area contributed by atoms with Gasteiger partial charge in [0.2, 0.25) is 0 Å². The molecule has 106 valence electrons. The van der Waals surface area contributed by atoms with Crippen molar-refractivity contribution in [2.75, 3.05) is 39.4 Å². The Morgan fingerprint density at radius 1 is 1.44 bits per heavy atom. The van der Waals surface area contributed by atoms with Crippen molar-refractivity contribution < 1.29 is 4.74 Å². The van der Waals surface area contributed by atoms with Crippen LogP contribution in [0.4, 0.5) is 0 Å². The van der Waals surface area contributed by atoms with Crippen LogP contribution in [0.1, 0.15) is 33.1 Å². The Bertz CT molecular complexity index is 219. The van der Waals surface area contributed by atoms with Crippen molar-refractivity contribution in [1.82, 2.24) is 10.2 Å². The molecule has 18 heavy (non-hydrogen) atoms. The fourth-order valence-corrected chi connectivity index (χ4v) is 2.47. The van der Waals surface area contributed by atoms with Crippen molar-refractivity contribution in [3.05, 3.63) is 12.7 Å². The zero-order chi connectivity index (χ0) is 13.2. The molecule has 0 amide bonds. The molecule has 0 aromatic heterocycles. The first-order valence-corrected chi connectivity index (χ1v) is 7.36. The Balaban J connectivity index is 2.19. The van der Waals surface area contributed by atoms with Crippen LogP contribution < -0.4 is 5.32 Å². The molecule has 3 heteroatoms. The minimum atomic E-state index is 0.653. The van der Waals surface area contributed by atoms with Crippen LogP contribution in [-0.2, 0) is 4.74 Å². The van der Waals surface area contributed by atoms with Crippen LogP contribution in [-0.4, -0.2) is 50.3 Å². The second kappa shape index (κ2) is 9.54. The van der Waals surface area contributed by atoms with Gasteiger partial charge in [0, 0.05) is 19.1 Å². The summed E-state index contributed by atoms with van der Waals surface area (Å²) in [6.07, 6.45) is 5.39. The van der Waals surface area contributed by atoms with Crippen molar-refractivity contribution >= 4 is 0 Å². The number of hydrogen-bond acceptors (Lipinski definition) is 3. The summed E-state index contributed by atoms with van der Waals surface area (Å²) in [6, 6.07) is 0.653. The SMILES string of the molecule is C=CCCOCCN1CCCNC(CC(C)C)C1. The number of hydrogen-bond donors (Lipinski definition) is 1. The first-order valence-electron chi connectivity index (χ1n) is 7.36. The molecule has 1 aliphatic heterocycles. The smallest absolute Gasteiger partial charge is 0.0593 e. The van der Waals surface area contributed by atoms with Crippen molar-refractivity contribution in [2.24, 2.45) is 5.92 Å². The molecule has 1 saturated heterocycles. The van der Waals surface area contributed by atoms with Gasteiger partial charge in [-0.25, -0.2) is 0 Å². The van der Waals surface area contributed by atoms with Crippen LogP contribution in [0.5, 0.6) is 0 Å². The second-order valence-electron chi connectivity index (χ2n) is 5.62. The van der Waals surface area contributed by atoms with Crippen LogP contribution >= 0.6 is 0 Å². The molecule has 1 heterocycles. The van der Waals surface area contributed by atoms with Gasteiger partial charge in [0.05, 0.1) is 13.2 Å². The van der Waals surface area contributed by atoms with Crippen molar-refractivity contribution in [3.8, 4) is 0 Å². The molecule has 1 unspecified atom stereocenters. The van der Waals surface area contributed by atoms with E-state index < -0.39 is 0 Å². The monoisotopic (exact) mass is 254 g/mol. The Morgan fingerprint density at radius 3 is 3.00 bits per heavy atom. The predicted molar refractivity (Wildman–Crippen MR) is 77.9 cm³/mol. The molecule has 0 spiro atoms. The number of nitrogens with one attached hydrogen (secondary N) is 1. The third kappa shape index (κ3) is 7.14. The van der Waals surface area contributed by atoms with Gasteiger partial charge in [0.15, 0.2) is 0 Å². The molecular formula is C15H30N2O. The molecule has 1 N–H and O–H groups in total. The summed E-state index contributed by atoms with van der Waals surface area (Å²) in [5.74, 6) is 0.770. The lowest BCUT2D eigenvalue weighted by atomic mass is 10.0. The van der Waals surface area contributed by atoms with Crippen molar-refractivity contribution in [3.63, 3.8) is 0 Å². The molecule has 0 aliphatic carbocycles. The van der Waals surface area contributed by atoms with E-state index in [0.29, 0.717) is 6.04 Å². The molecule has 1 aliphatic rings. The van der Waals surface area contributed by atoms with E-state index >= 15 is 0 Å². The average Bonchev–Trinajstić information content (AvgIpc) is 2.53. The van der Waals surface area contributed by atoms with Crippen molar-refractivity contribution in [2.45, 2.75) is 39.2 Å². The van der Waals surface area contributed by atoms with E-state index in [1.54, 1.807) is 0 Å². The quantitative estimate of drug-likeness (QED) is 0.531. The van der Waals surface area contributed by atoms with Gasteiger partial charge < -0.3 is 10.1 Å². The first kappa shape index (κ1) is 15.7. The molecule has 0 aromatic rings. The third-order valence-electron chi connectivity index (χ3n) is 3.34. The Morgan fingerprint density at radius 2 is 2.28 bits per heavy atom. The van der Waals surface area contributed by atoms with Gasteiger partial charge in [0.1, 0.15) is 0 Å². The van der Waals surface area contributed by atoms with E-state index in [2.05, 4.69) is 30.6 Å². The Kier molecular flexibility index (Phi) is 8.31. The highest BCUT2D eigenvalue weighted by atomic mass is 16.5. The van der Waals surface area contributed by atoms with Gasteiger partial charge in [-0.15, -0.1) is 6.58 Å². The Hall–Kier alpha value is -0.380. The minimum Gasteiger partial charge on any atom is -0.380 e. The molecule has 0 bridgehead atoms. The molecule has 1 rings (SSSR count). The van der Waals surface area contributed by atoms with E-state index in [-0.39, 0.29) is 0 Å². The summed E-state index contributed by atoms with van der Waals surface area (Å²) in [4.78, 5) is 2.54. The third-order valence-corrected chi connectivity index (χ3v) is 3.34. The fourth-order valence-electron chi connectivity index (χ4n) is 2.47. The second-order valence-corrected chi connectivity index (χ2v) is 5.62. The van der Waals surface area contributed by atoms with Crippen molar-refractivity contribution in [1.29, 1.82) is 0 Å². The molecule has 3 nitrogen and oxygen atoms in total. The summed E-state index contributed by atoms with van der Waals surface area (Å²) >= 11 is 0. The maximum absolute atomic E-state index is 5.60. The van der Waals surface area contributed by atoms with Crippen LogP contribution in [0, 0.1) is 5.92 Å². The lowest BCUT2D eigenvalue weighted by Gasteiger charge is -2.25. The number of rotatable bonds is 8. The fraction of sp³-hybridized carbons (Fsp3) is 0.867.